The first-order chi connectivity index (χ1) is 8.66. The van der Waals surface area contributed by atoms with E-state index in [1.54, 1.807) is 11.8 Å². The molecule has 0 spiro atoms. The molecule has 1 heterocycles. The zero-order chi connectivity index (χ0) is 13.0. The normalized spacial score (nSPS) is 10.5. The van der Waals surface area contributed by atoms with Crippen LogP contribution in [0.5, 0.6) is 0 Å². The molecule has 2 aromatic rings. The van der Waals surface area contributed by atoms with Crippen LogP contribution in [0.1, 0.15) is 27.4 Å². The molecule has 0 fully saturated rings. The van der Waals surface area contributed by atoms with Crippen molar-refractivity contribution in [2.75, 3.05) is 0 Å². The zero-order valence-corrected chi connectivity index (χ0v) is 10.7. The molecule has 1 aromatic carbocycles. The lowest BCUT2D eigenvalue weighted by Gasteiger charge is -2.03. The highest BCUT2D eigenvalue weighted by Crippen LogP contribution is 2.20. The lowest BCUT2D eigenvalue weighted by atomic mass is 10.1. The van der Waals surface area contributed by atoms with Gasteiger partial charge < -0.3 is 9.63 Å². The van der Waals surface area contributed by atoms with E-state index in [0.29, 0.717) is 11.5 Å². The Morgan fingerprint density at radius 3 is 2.83 bits per heavy atom. The smallest absolute Gasteiger partial charge is 0.358 e. The van der Waals surface area contributed by atoms with Crippen molar-refractivity contribution in [2.24, 2.45) is 0 Å². The molecule has 0 unspecified atom stereocenters. The summed E-state index contributed by atoms with van der Waals surface area (Å²) < 4.78 is 4.94. The summed E-state index contributed by atoms with van der Waals surface area (Å²) in [4.78, 5) is 10.6. The molecular weight excluding hydrogens is 250 g/mol. The number of carboxylic acids is 1. The number of nitrogens with zero attached hydrogens (tertiary/aromatic N) is 1. The Morgan fingerprint density at radius 1 is 1.39 bits per heavy atom. The molecule has 0 bridgehead atoms. The molecule has 0 aliphatic carbocycles. The number of carboxylic acid groups (broad SMARTS) is 1. The van der Waals surface area contributed by atoms with Gasteiger partial charge >= 0.3 is 5.97 Å². The van der Waals surface area contributed by atoms with Gasteiger partial charge in [-0.2, -0.15) is 0 Å². The van der Waals surface area contributed by atoms with Gasteiger partial charge in [0.2, 0.25) is 0 Å². The summed E-state index contributed by atoms with van der Waals surface area (Å²) in [5, 5.41) is 12.2. The zero-order valence-electron chi connectivity index (χ0n) is 9.92. The van der Waals surface area contributed by atoms with Gasteiger partial charge in [-0.1, -0.05) is 29.4 Å². The maximum atomic E-state index is 10.6. The third-order valence-corrected chi connectivity index (χ3v) is 3.54. The molecule has 0 aliphatic rings. The van der Waals surface area contributed by atoms with Gasteiger partial charge in [0, 0.05) is 11.8 Å². The largest absolute Gasteiger partial charge is 0.476 e. The highest BCUT2D eigenvalue weighted by atomic mass is 32.2. The van der Waals surface area contributed by atoms with Crippen LogP contribution in [0.15, 0.2) is 34.9 Å². The number of aryl methyl sites for hydroxylation is 1. The van der Waals surface area contributed by atoms with Gasteiger partial charge in [-0.25, -0.2) is 4.79 Å². The molecule has 2 rings (SSSR count). The van der Waals surface area contributed by atoms with E-state index in [1.165, 1.54) is 17.2 Å². The number of carbonyl (C=O) groups is 1. The summed E-state index contributed by atoms with van der Waals surface area (Å²) in [5.41, 5.74) is 2.50. The van der Waals surface area contributed by atoms with Gasteiger partial charge in [0.25, 0.3) is 0 Å². The summed E-state index contributed by atoms with van der Waals surface area (Å²) in [6, 6.07) is 9.66. The van der Waals surface area contributed by atoms with Crippen molar-refractivity contribution in [3.05, 3.63) is 52.9 Å². The molecule has 0 saturated carbocycles. The van der Waals surface area contributed by atoms with E-state index >= 15 is 0 Å². The van der Waals surface area contributed by atoms with E-state index < -0.39 is 5.97 Å². The van der Waals surface area contributed by atoms with Crippen molar-refractivity contribution < 1.29 is 14.4 Å². The van der Waals surface area contributed by atoms with E-state index in [4.69, 9.17) is 9.63 Å². The molecule has 0 aliphatic heterocycles. The van der Waals surface area contributed by atoms with E-state index in [1.807, 2.05) is 12.1 Å². The fraction of sp³-hybridized carbons (Fsp3) is 0.231. The third kappa shape index (κ3) is 3.13. The van der Waals surface area contributed by atoms with E-state index in [9.17, 15) is 4.79 Å². The van der Waals surface area contributed by atoms with Crippen LogP contribution in [0.3, 0.4) is 0 Å². The van der Waals surface area contributed by atoms with Crippen molar-refractivity contribution in [3.63, 3.8) is 0 Å². The molecule has 0 radical (unpaired) electrons. The van der Waals surface area contributed by atoms with Crippen molar-refractivity contribution in [2.45, 2.75) is 18.4 Å². The first-order valence-electron chi connectivity index (χ1n) is 5.48. The minimum absolute atomic E-state index is 0.0403. The average Bonchev–Trinajstić information content (AvgIpc) is 2.80. The minimum Gasteiger partial charge on any atom is -0.476 e. The van der Waals surface area contributed by atoms with Gasteiger partial charge in [0.05, 0.1) is 5.75 Å². The molecular formula is C13H13NO3S. The second-order valence-electron chi connectivity index (χ2n) is 3.90. The lowest BCUT2D eigenvalue weighted by molar-refractivity contribution is 0.0685. The topological polar surface area (TPSA) is 63.3 Å². The minimum atomic E-state index is -1.06. The van der Waals surface area contributed by atoms with Crippen LogP contribution in [0, 0.1) is 6.92 Å². The Labute approximate surface area is 109 Å². The SMILES string of the molecule is Cc1ccccc1CSCc1cc(C(=O)O)no1. The molecule has 0 saturated heterocycles. The molecule has 0 amide bonds. The first-order valence-corrected chi connectivity index (χ1v) is 6.63. The Balaban J connectivity index is 1.88. The second-order valence-corrected chi connectivity index (χ2v) is 4.89. The maximum Gasteiger partial charge on any atom is 0.358 e. The molecule has 4 nitrogen and oxygen atoms in total. The quantitative estimate of drug-likeness (QED) is 0.898. The molecule has 1 aromatic heterocycles. The van der Waals surface area contributed by atoms with Crippen LogP contribution in [-0.2, 0) is 11.5 Å². The molecule has 18 heavy (non-hydrogen) atoms. The number of aromatic carboxylic acids is 1. The van der Waals surface area contributed by atoms with Crippen LogP contribution in [0.2, 0.25) is 0 Å². The van der Waals surface area contributed by atoms with Gasteiger partial charge in [-0.05, 0) is 18.1 Å². The predicted octanol–water partition coefficient (Wildman–Crippen LogP) is 3.11. The van der Waals surface area contributed by atoms with E-state index in [-0.39, 0.29) is 5.69 Å². The monoisotopic (exact) mass is 263 g/mol. The molecule has 94 valence electrons. The fourth-order valence-corrected chi connectivity index (χ4v) is 2.50. The van der Waals surface area contributed by atoms with Gasteiger partial charge in [0.15, 0.2) is 5.69 Å². The Morgan fingerprint density at radius 2 is 2.17 bits per heavy atom. The fourth-order valence-electron chi connectivity index (χ4n) is 1.52. The molecule has 5 heteroatoms. The maximum absolute atomic E-state index is 10.6. The highest BCUT2D eigenvalue weighted by molar-refractivity contribution is 7.97. The predicted molar refractivity (Wildman–Crippen MR) is 69.6 cm³/mol. The Bertz CT molecular complexity index is 551. The van der Waals surface area contributed by atoms with Gasteiger partial charge in [-0.15, -0.1) is 11.8 Å². The molecule has 1 N–H and O–H groups in total. The van der Waals surface area contributed by atoms with Gasteiger partial charge in [-0.3, -0.25) is 0 Å². The Hall–Kier alpha value is -1.75. The highest BCUT2D eigenvalue weighted by Gasteiger charge is 2.10. The summed E-state index contributed by atoms with van der Waals surface area (Å²) in [6.45, 7) is 2.08. The number of hydrogen-bond donors (Lipinski definition) is 1. The van der Waals surface area contributed by atoms with Crippen molar-refractivity contribution in [1.82, 2.24) is 5.16 Å². The third-order valence-electron chi connectivity index (χ3n) is 2.54. The lowest BCUT2D eigenvalue weighted by Crippen LogP contribution is -1.94. The van der Waals surface area contributed by atoms with Crippen molar-refractivity contribution in [3.8, 4) is 0 Å². The van der Waals surface area contributed by atoms with Crippen molar-refractivity contribution in [1.29, 1.82) is 0 Å². The summed E-state index contributed by atoms with van der Waals surface area (Å²) in [7, 11) is 0. The average molecular weight is 263 g/mol. The Kier molecular flexibility index (Phi) is 4.04. The first kappa shape index (κ1) is 12.7. The van der Waals surface area contributed by atoms with Gasteiger partial charge in [0.1, 0.15) is 5.76 Å². The van der Waals surface area contributed by atoms with Crippen LogP contribution in [0.4, 0.5) is 0 Å². The van der Waals surface area contributed by atoms with E-state index in [2.05, 4.69) is 24.2 Å². The summed E-state index contributed by atoms with van der Waals surface area (Å²) >= 11 is 1.67. The van der Waals surface area contributed by atoms with E-state index in [0.717, 1.165) is 5.75 Å². The second kappa shape index (κ2) is 5.73. The number of benzene rings is 1. The summed E-state index contributed by atoms with van der Waals surface area (Å²) in [6.07, 6.45) is 0. The van der Waals surface area contributed by atoms with Crippen molar-refractivity contribution >= 4 is 17.7 Å². The summed E-state index contributed by atoms with van der Waals surface area (Å²) in [5.74, 6) is 1.02. The standard InChI is InChI=1S/C13H13NO3S/c1-9-4-2-3-5-10(9)7-18-8-11-6-12(13(15)16)14-17-11/h2-6H,7-8H2,1H3,(H,15,16). The number of hydrogen-bond acceptors (Lipinski definition) is 4. The van der Waals surface area contributed by atoms with Crippen LogP contribution in [0.25, 0.3) is 0 Å². The molecule has 0 atom stereocenters. The number of thioether (sulfide) groups is 1. The number of aromatic nitrogens is 1. The number of rotatable bonds is 5. The van der Waals surface area contributed by atoms with Crippen LogP contribution >= 0.6 is 11.8 Å². The van der Waals surface area contributed by atoms with Crippen LogP contribution < -0.4 is 0 Å². The van der Waals surface area contributed by atoms with Crippen LogP contribution in [-0.4, -0.2) is 16.2 Å².